The highest BCUT2D eigenvalue weighted by molar-refractivity contribution is 5.92. The fourth-order valence-electron chi connectivity index (χ4n) is 2.36. The Bertz CT molecular complexity index is 413. The van der Waals surface area contributed by atoms with E-state index in [2.05, 4.69) is 5.32 Å². The van der Waals surface area contributed by atoms with Gasteiger partial charge in [-0.2, -0.15) is 0 Å². The molecule has 0 aromatic heterocycles. The van der Waals surface area contributed by atoms with Crippen molar-refractivity contribution in [3.05, 3.63) is 0 Å². The third-order valence-corrected chi connectivity index (χ3v) is 3.58. The number of aliphatic hydroxyl groups is 1. The number of carboxylic acid groups (broad SMARTS) is 1. The zero-order chi connectivity index (χ0) is 16.2. The first kappa shape index (κ1) is 17.4. The number of nitrogens with zero attached hydrogens (tertiary/aromatic N) is 1. The average molecular weight is 301 g/mol. The van der Waals surface area contributed by atoms with Crippen LogP contribution in [0.2, 0.25) is 0 Å². The molecule has 1 aliphatic rings. The minimum absolute atomic E-state index is 0.267. The van der Waals surface area contributed by atoms with Gasteiger partial charge >= 0.3 is 5.97 Å². The van der Waals surface area contributed by atoms with Gasteiger partial charge in [-0.25, -0.2) is 4.79 Å². The lowest BCUT2D eigenvalue weighted by Gasteiger charge is -2.28. The number of aliphatic hydroxyl groups excluding tert-OH is 1. The van der Waals surface area contributed by atoms with Crippen molar-refractivity contribution in [1.82, 2.24) is 10.2 Å². The van der Waals surface area contributed by atoms with E-state index in [1.165, 1.54) is 4.90 Å². The molecular formula is C13H23N3O5. The zero-order valence-corrected chi connectivity index (χ0v) is 12.3. The quantitative estimate of drug-likeness (QED) is 0.473. The largest absolute Gasteiger partial charge is 0.480 e. The summed E-state index contributed by atoms with van der Waals surface area (Å²) in [6.45, 7) is 3.27. The first-order valence-electron chi connectivity index (χ1n) is 6.99. The molecule has 1 heterocycles. The number of likely N-dealkylation sites (tertiary alicyclic amines) is 1. The summed E-state index contributed by atoms with van der Waals surface area (Å²) in [7, 11) is 0. The summed E-state index contributed by atoms with van der Waals surface area (Å²) >= 11 is 0. The number of rotatable bonds is 6. The second kappa shape index (κ2) is 7.37. The smallest absolute Gasteiger partial charge is 0.326 e. The lowest BCUT2D eigenvalue weighted by molar-refractivity contribution is -0.145. The van der Waals surface area contributed by atoms with Gasteiger partial charge in [0.25, 0.3) is 0 Å². The zero-order valence-electron chi connectivity index (χ0n) is 12.3. The Morgan fingerprint density at radius 2 is 2.00 bits per heavy atom. The van der Waals surface area contributed by atoms with Crippen molar-refractivity contribution in [2.24, 2.45) is 11.7 Å². The van der Waals surface area contributed by atoms with E-state index >= 15 is 0 Å². The number of hydrogen-bond acceptors (Lipinski definition) is 5. The van der Waals surface area contributed by atoms with Crippen LogP contribution in [0.1, 0.15) is 26.7 Å². The van der Waals surface area contributed by atoms with E-state index in [9.17, 15) is 14.4 Å². The first-order valence-corrected chi connectivity index (χ1v) is 6.99. The summed E-state index contributed by atoms with van der Waals surface area (Å²) in [5, 5.41) is 20.5. The molecule has 0 unspecified atom stereocenters. The van der Waals surface area contributed by atoms with E-state index in [1.807, 2.05) is 0 Å². The minimum Gasteiger partial charge on any atom is -0.480 e. The molecule has 0 saturated carbocycles. The van der Waals surface area contributed by atoms with Gasteiger partial charge in [0.1, 0.15) is 18.1 Å². The van der Waals surface area contributed by atoms with Crippen LogP contribution >= 0.6 is 0 Å². The molecule has 8 nitrogen and oxygen atoms in total. The molecule has 0 aliphatic carbocycles. The maximum absolute atomic E-state index is 12.2. The van der Waals surface area contributed by atoms with Crippen LogP contribution in [0.3, 0.4) is 0 Å². The third kappa shape index (κ3) is 4.15. The minimum atomic E-state index is -1.11. The molecule has 0 radical (unpaired) electrons. The van der Waals surface area contributed by atoms with Gasteiger partial charge in [0, 0.05) is 6.54 Å². The van der Waals surface area contributed by atoms with Crippen LogP contribution in [0.25, 0.3) is 0 Å². The second-order valence-electron chi connectivity index (χ2n) is 5.55. The summed E-state index contributed by atoms with van der Waals surface area (Å²) in [6, 6.07) is -2.78. The molecule has 0 spiro atoms. The summed E-state index contributed by atoms with van der Waals surface area (Å²) in [4.78, 5) is 36.6. The number of hydrogen-bond donors (Lipinski definition) is 4. The number of nitrogens with two attached hydrogens (primary N) is 1. The van der Waals surface area contributed by atoms with Gasteiger partial charge in [-0.1, -0.05) is 13.8 Å². The van der Waals surface area contributed by atoms with E-state index in [4.69, 9.17) is 15.9 Å². The highest BCUT2D eigenvalue weighted by atomic mass is 16.4. The van der Waals surface area contributed by atoms with E-state index in [-0.39, 0.29) is 5.92 Å². The van der Waals surface area contributed by atoms with Gasteiger partial charge < -0.3 is 26.2 Å². The fraction of sp³-hybridized carbons (Fsp3) is 0.769. The lowest BCUT2D eigenvalue weighted by Crippen LogP contribution is -2.55. The van der Waals surface area contributed by atoms with Crippen LogP contribution in [0.5, 0.6) is 0 Å². The van der Waals surface area contributed by atoms with Crippen LogP contribution in [-0.2, 0) is 14.4 Å². The topological polar surface area (TPSA) is 133 Å². The number of nitrogens with one attached hydrogen (secondary N) is 1. The summed E-state index contributed by atoms with van der Waals surface area (Å²) in [5.41, 5.74) is 5.49. The van der Waals surface area contributed by atoms with Crippen molar-refractivity contribution >= 4 is 17.8 Å². The highest BCUT2D eigenvalue weighted by Crippen LogP contribution is 2.19. The molecule has 0 bridgehead atoms. The molecule has 1 rings (SSSR count). The number of aliphatic carboxylic acids is 1. The normalized spacial score (nSPS) is 21.2. The summed E-state index contributed by atoms with van der Waals surface area (Å²) in [5.74, 6) is -2.36. The van der Waals surface area contributed by atoms with Crippen LogP contribution in [0.4, 0.5) is 0 Å². The van der Waals surface area contributed by atoms with Crippen LogP contribution in [0.15, 0.2) is 0 Å². The second-order valence-corrected chi connectivity index (χ2v) is 5.55. The predicted octanol–water partition coefficient (Wildman–Crippen LogP) is -1.48. The molecule has 0 aromatic rings. The van der Waals surface area contributed by atoms with Gasteiger partial charge in [0.15, 0.2) is 0 Å². The van der Waals surface area contributed by atoms with Crippen LogP contribution < -0.4 is 11.1 Å². The van der Waals surface area contributed by atoms with Crippen molar-refractivity contribution in [2.45, 2.75) is 44.8 Å². The molecule has 1 saturated heterocycles. The Morgan fingerprint density at radius 3 is 2.48 bits per heavy atom. The van der Waals surface area contributed by atoms with E-state index < -0.39 is 42.5 Å². The monoisotopic (exact) mass is 301 g/mol. The molecular weight excluding hydrogens is 278 g/mol. The molecule has 1 fully saturated rings. The SMILES string of the molecule is CC(C)[C@H](NC(=O)[C@@H]1CCCN1C(=O)[C@@H](N)CO)C(=O)O. The predicted molar refractivity (Wildman–Crippen MR) is 74.2 cm³/mol. The molecule has 8 heteroatoms. The number of carbonyl (C=O) groups excluding carboxylic acids is 2. The first-order chi connectivity index (χ1) is 9.79. The van der Waals surface area contributed by atoms with Gasteiger partial charge in [-0.15, -0.1) is 0 Å². The van der Waals surface area contributed by atoms with E-state index in [0.717, 1.165) is 0 Å². The standard InChI is InChI=1S/C13H23N3O5/c1-7(2)10(13(20)21)15-11(18)9-4-3-5-16(9)12(19)8(14)6-17/h7-10,17H,3-6,14H2,1-2H3,(H,15,18)(H,20,21)/t8-,9-,10-/m0/s1. The number of carboxylic acids is 1. The van der Waals surface area contributed by atoms with Crippen molar-refractivity contribution < 1.29 is 24.6 Å². The third-order valence-electron chi connectivity index (χ3n) is 3.58. The Balaban J connectivity index is 2.76. The van der Waals surface area contributed by atoms with Gasteiger partial charge in [0.2, 0.25) is 11.8 Å². The maximum atomic E-state index is 12.2. The van der Waals surface area contributed by atoms with Crippen molar-refractivity contribution in [3.63, 3.8) is 0 Å². The summed E-state index contributed by atoms with van der Waals surface area (Å²) < 4.78 is 0. The van der Waals surface area contributed by atoms with Gasteiger partial charge in [0.05, 0.1) is 6.61 Å². The fourth-order valence-corrected chi connectivity index (χ4v) is 2.36. The number of carbonyl (C=O) groups is 3. The maximum Gasteiger partial charge on any atom is 0.326 e. The molecule has 1 aliphatic heterocycles. The average Bonchev–Trinajstić information content (AvgIpc) is 2.91. The Labute approximate surface area is 123 Å². The van der Waals surface area contributed by atoms with Crippen LogP contribution in [-0.4, -0.2) is 64.2 Å². The molecule has 120 valence electrons. The number of amides is 2. The van der Waals surface area contributed by atoms with Gasteiger partial charge in [-0.05, 0) is 18.8 Å². The Kier molecular flexibility index (Phi) is 6.10. The van der Waals surface area contributed by atoms with Crippen LogP contribution in [0, 0.1) is 5.92 Å². The Hall–Kier alpha value is -1.67. The Morgan fingerprint density at radius 1 is 1.38 bits per heavy atom. The molecule has 5 N–H and O–H groups in total. The molecule has 0 aromatic carbocycles. The van der Waals surface area contributed by atoms with Crippen molar-refractivity contribution in [2.75, 3.05) is 13.2 Å². The molecule has 21 heavy (non-hydrogen) atoms. The highest BCUT2D eigenvalue weighted by Gasteiger charge is 2.37. The molecule has 3 atom stereocenters. The van der Waals surface area contributed by atoms with E-state index in [0.29, 0.717) is 19.4 Å². The van der Waals surface area contributed by atoms with Gasteiger partial charge in [-0.3, -0.25) is 9.59 Å². The van der Waals surface area contributed by atoms with Crippen molar-refractivity contribution in [3.8, 4) is 0 Å². The van der Waals surface area contributed by atoms with E-state index in [1.54, 1.807) is 13.8 Å². The summed E-state index contributed by atoms with van der Waals surface area (Å²) in [6.07, 6.45) is 1.10. The molecule has 2 amide bonds. The lowest BCUT2D eigenvalue weighted by atomic mass is 10.0. The van der Waals surface area contributed by atoms with Crippen molar-refractivity contribution in [1.29, 1.82) is 0 Å².